The Labute approximate surface area is 196 Å². The van der Waals surface area contributed by atoms with Gasteiger partial charge in [-0.25, -0.2) is 0 Å². The lowest BCUT2D eigenvalue weighted by Gasteiger charge is -2.37. The van der Waals surface area contributed by atoms with Crippen LogP contribution in [0.5, 0.6) is 0 Å². The molecule has 1 heterocycles. The highest BCUT2D eigenvalue weighted by Gasteiger charge is 2.43. The summed E-state index contributed by atoms with van der Waals surface area (Å²) in [5, 5.41) is 4.03. The Kier molecular flexibility index (Phi) is 7.20. The number of carbonyl (C=O) groups is 2. The van der Waals surface area contributed by atoms with Gasteiger partial charge in [-0.2, -0.15) is 0 Å². The number of amides is 2. The van der Waals surface area contributed by atoms with Crippen LogP contribution in [0.4, 0.5) is 0 Å². The van der Waals surface area contributed by atoms with Gasteiger partial charge in [0.2, 0.25) is 11.8 Å². The topological polar surface area (TPSA) is 49.4 Å². The number of hydrogen-bond acceptors (Lipinski definition) is 2. The number of nitrogens with one attached hydrogen (secondary N) is 1. The quantitative estimate of drug-likeness (QED) is 0.633. The summed E-state index contributed by atoms with van der Waals surface area (Å²) >= 11 is 6.08. The van der Waals surface area contributed by atoms with Crippen molar-refractivity contribution < 1.29 is 9.59 Å². The molecule has 4 rings (SSSR count). The van der Waals surface area contributed by atoms with Crippen LogP contribution < -0.4 is 5.32 Å². The maximum atomic E-state index is 13.5. The molecule has 1 aliphatic heterocycles. The second kappa shape index (κ2) is 10.1. The third-order valence-corrected chi connectivity index (χ3v) is 7.59. The number of hydrogen-bond donors (Lipinski definition) is 1. The minimum atomic E-state index is -0.446. The SMILES string of the molecule is CCC(C(=O)N1CCC(NC(=O)C2(c3ccc(Cl)cc3)CCCC2)CC1)c1ccccc1. The van der Waals surface area contributed by atoms with Crippen molar-refractivity contribution in [1.82, 2.24) is 10.2 Å². The highest BCUT2D eigenvalue weighted by Crippen LogP contribution is 2.42. The molecule has 2 aromatic carbocycles. The number of halogens is 1. The molecular weight excluding hydrogens is 420 g/mol. The Balaban J connectivity index is 1.37. The monoisotopic (exact) mass is 452 g/mol. The molecule has 170 valence electrons. The molecule has 0 bridgehead atoms. The van der Waals surface area contributed by atoms with E-state index in [-0.39, 0.29) is 23.8 Å². The van der Waals surface area contributed by atoms with Crippen LogP contribution in [-0.4, -0.2) is 35.8 Å². The van der Waals surface area contributed by atoms with Gasteiger partial charge in [-0.3, -0.25) is 9.59 Å². The zero-order valence-corrected chi connectivity index (χ0v) is 19.6. The Bertz CT molecular complexity index is 914. The first-order valence-corrected chi connectivity index (χ1v) is 12.3. The van der Waals surface area contributed by atoms with E-state index in [4.69, 9.17) is 11.6 Å². The number of nitrogens with zero attached hydrogens (tertiary/aromatic N) is 1. The second-order valence-corrected chi connectivity index (χ2v) is 9.68. The molecule has 1 N–H and O–H groups in total. The van der Waals surface area contributed by atoms with Crippen molar-refractivity contribution in [3.63, 3.8) is 0 Å². The summed E-state index contributed by atoms with van der Waals surface area (Å²) in [5.41, 5.74) is 1.71. The molecule has 1 aliphatic carbocycles. The van der Waals surface area contributed by atoms with Crippen molar-refractivity contribution in [1.29, 1.82) is 0 Å². The van der Waals surface area contributed by atoms with Crippen molar-refractivity contribution in [3.05, 3.63) is 70.7 Å². The molecule has 32 heavy (non-hydrogen) atoms. The van der Waals surface area contributed by atoms with Gasteiger partial charge in [0.15, 0.2) is 0 Å². The van der Waals surface area contributed by atoms with Gasteiger partial charge in [0.25, 0.3) is 0 Å². The van der Waals surface area contributed by atoms with Crippen molar-refractivity contribution in [2.75, 3.05) is 13.1 Å². The predicted octanol–water partition coefficient (Wildman–Crippen LogP) is 5.45. The Morgan fingerprint density at radius 2 is 1.66 bits per heavy atom. The van der Waals surface area contributed by atoms with Crippen molar-refractivity contribution >= 4 is 23.4 Å². The van der Waals surface area contributed by atoms with Gasteiger partial charge < -0.3 is 10.2 Å². The molecule has 2 amide bonds. The molecule has 1 atom stereocenters. The largest absolute Gasteiger partial charge is 0.352 e. The second-order valence-electron chi connectivity index (χ2n) is 9.24. The maximum Gasteiger partial charge on any atom is 0.230 e. The number of benzene rings is 2. The molecule has 1 saturated carbocycles. The smallest absolute Gasteiger partial charge is 0.230 e. The number of likely N-dealkylation sites (tertiary alicyclic amines) is 1. The minimum Gasteiger partial charge on any atom is -0.352 e. The molecule has 2 aliphatic rings. The first-order valence-electron chi connectivity index (χ1n) is 11.9. The average molecular weight is 453 g/mol. The number of carbonyl (C=O) groups excluding carboxylic acids is 2. The maximum absolute atomic E-state index is 13.5. The van der Waals surface area contributed by atoms with Crippen LogP contribution in [0.3, 0.4) is 0 Å². The fourth-order valence-corrected chi connectivity index (χ4v) is 5.55. The van der Waals surface area contributed by atoms with Gasteiger partial charge in [0.1, 0.15) is 0 Å². The van der Waals surface area contributed by atoms with Crippen LogP contribution >= 0.6 is 11.6 Å². The summed E-state index contributed by atoms with van der Waals surface area (Å²) in [6.07, 6.45) is 6.31. The van der Waals surface area contributed by atoms with Crippen LogP contribution in [0.1, 0.15) is 68.9 Å². The molecule has 2 fully saturated rings. The van der Waals surface area contributed by atoms with E-state index in [9.17, 15) is 9.59 Å². The van der Waals surface area contributed by atoms with Gasteiger partial charge in [0.05, 0.1) is 11.3 Å². The average Bonchev–Trinajstić information content (AvgIpc) is 3.32. The molecule has 1 saturated heterocycles. The Hall–Kier alpha value is -2.33. The third kappa shape index (κ3) is 4.71. The van der Waals surface area contributed by atoms with E-state index in [1.807, 2.05) is 59.5 Å². The van der Waals surface area contributed by atoms with Crippen molar-refractivity contribution in [2.45, 2.75) is 69.2 Å². The molecule has 0 spiro atoms. The summed E-state index contributed by atoms with van der Waals surface area (Å²) in [6.45, 7) is 3.46. The van der Waals surface area contributed by atoms with Crippen molar-refractivity contribution in [2.24, 2.45) is 0 Å². The molecule has 0 aromatic heterocycles. The molecule has 1 unspecified atom stereocenters. The van der Waals surface area contributed by atoms with Crippen LogP contribution in [0.2, 0.25) is 5.02 Å². The van der Waals surface area contributed by atoms with E-state index < -0.39 is 5.41 Å². The highest BCUT2D eigenvalue weighted by atomic mass is 35.5. The molecule has 2 aromatic rings. The van der Waals surface area contributed by atoms with Gasteiger partial charge in [-0.05, 0) is 55.4 Å². The standard InChI is InChI=1S/C27H33ClN2O2/c1-2-24(20-8-4-3-5-9-20)25(31)30-18-14-23(15-19-30)29-26(32)27(16-6-7-17-27)21-10-12-22(28)13-11-21/h3-5,8-13,23-24H,2,6-7,14-19H2,1H3,(H,29,32). The minimum absolute atomic E-state index is 0.0889. The Morgan fingerprint density at radius 3 is 2.25 bits per heavy atom. The van der Waals surface area contributed by atoms with E-state index in [0.29, 0.717) is 18.1 Å². The molecule has 0 radical (unpaired) electrons. The van der Waals surface area contributed by atoms with Crippen molar-refractivity contribution in [3.8, 4) is 0 Å². The molecular formula is C27H33ClN2O2. The first kappa shape index (κ1) is 22.8. The lowest BCUT2D eigenvalue weighted by molar-refractivity contribution is -0.134. The van der Waals surface area contributed by atoms with E-state index in [1.54, 1.807) is 0 Å². The zero-order valence-electron chi connectivity index (χ0n) is 18.9. The van der Waals surface area contributed by atoms with Gasteiger partial charge >= 0.3 is 0 Å². The fourth-order valence-electron chi connectivity index (χ4n) is 5.42. The van der Waals surface area contributed by atoms with Crippen LogP contribution in [0.25, 0.3) is 0 Å². The summed E-state index contributed by atoms with van der Waals surface area (Å²) < 4.78 is 0. The van der Waals surface area contributed by atoms with E-state index in [2.05, 4.69) is 12.2 Å². The zero-order chi connectivity index (χ0) is 22.6. The van der Waals surface area contributed by atoms with Gasteiger partial charge in [-0.15, -0.1) is 0 Å². The summed E-state index contributed by atoms with van der Waals surface area (Å²) in [4.78, 5) is 28.6. The van der Waals surface area contributed by atoms with E-state index >= 15 is 0 Å². The lowest BCUT2D eigenvalue weighted by Crippen LogP contribution is -2.51. The number of rotatable bonds is 6. The van der Waals surface area contributed by atoms with E-state index in [0.717, 1.165) is 56.1 Å². The normalized spacial score (nSPS) is 19.5. The summed E-state index contributed by atoms with van der Waals surface area (Å²) in [5.74, 6) is 0.253. The predicted molar refractivity (Wildman–Crippen MR) is 129 cm³/mol. The first-order chi connectivity index (χ1) is 15.5. The Morgan fingerprint density at radius 1 is 1.03 bits per heavy atom. The van der Waals surface area contributed by atoms with Crippen LogP contribution in [-0.2, 0) is 15.0 Å². The van der Waals surface area contributed by atoms with Crippen LogP contribution in [0, 0.1) is 0 Å². The molecule has 5 heteroatoms. The molecule has 4 nitrogen and oxygen atoms in total. The third-order valence-electron chi connectivity index (χ3n) is 7.34. The number of piperidine rings is 1. The van der Waals surface area contributed by atoms with Gasteiger partial charge in [-0.1, -0.05) is 73.8 Å². The summed E-state index contributed by atoms with van der Waals surface area (Å²) in [6, 6.07) is 17.9. The highest BCUT2D eigenvalue weighted by molar-refractivity contribution is 6.30. The fraction of sp³-hybridized carbons (Fsp3) is 0.481. The summed E-state index contributed by atoms with van der Waals surface area (Å²) in [7, 11) is 0. The van der Waals surface area contributed by atoms with Gasteiger partial charge in [0, 0.05) is 24.2 Å². The van der Waals surface area contributed by atoms with E-state index in [1.165, 1.54) is 0 Å². The van der Waals surface area contributed by atoms with Crippen LogP contribution in [0.15, 0.2) is 54.6 Å². The lowest BCUT2D eigenvalue weighted by atomic mass is 9.77.